The van der Waals surface area contributed by atoms with Crippen molar-refractivity contribution in [1.29, 1.82) is 0 Å². The Labute approximate surface area is 254 Å². The van der Waals surface area contributed by atoms with Crippen LogP contribution in [0.15, 0.2) is 91.0 Å². The first-order valence-electron chi connectivity index (χ1n) is 15.6. The lowest BCUT2D eigenvalue weighted by molar-refractivity contribution is -0.163. The molecule has 0 bridgehead atoms. The summed E-state index contributed by atoms with van der Waals surface area (Å²) < 4.78 is 14.2. The summed E-state index contributed by atoms with van der Waals surface area (Å²) in [7, 11) is -0.732. The zero-order valence-corrected chi connectivity index (χ0v) is 27.4. The molecule has 2 heterocycles. The Morgan fingerprint density at radius 1 is 0.881 bits per heavy atom. The Morgan fingerprint density at radius 3 is 1.93 bits per heavy atom. The summed E-state index contributed by atoms with van der Waals surface area (Å²) in [5, 5.41) is 2.50. The first-order valence-corrected chi connectivity index (χ1v) is 17.5. The Kier molecular flexibility index (Phi) is 8.98. The minimum atomic E-state index is -2.64. The molecule has 5 nitrogen and oxygen atoms in total. The molecule has 0 unspecified atom stereocenters. The van der Waals surface area contributed by atoms with E-state index in [0.717, 1.165) is 18.4 Å². The number of benzene rings is 3. The molecule has 2 amide bonds. The highest BCUT2D eigenvalue weighted by molar-refractivity contribution is 6.99. The lowest BCUT2D eigenvalue weighted by Gasteiger charge is -2.46. The number of carbonyl (C=O) groups excluding carboxylic acids is 1. The summed E-state index contributed by atoms with van der Waals surface area (Å²) in [5.74, 6) is 0.421. The van der Waals surface area contributed by atoms with Gasteiger partial charge in [0.05, 0.1) is 18.2 Å². The van der Waals surface area contributed by atoms with Gasteiger partial charge in [0.25, 0.3) is 8.32 Å². The van der Waals surface area contributed by atoms with Gasteiger partial charge in [-0.3, -0.25) is 4.90 Å². The van der Waals surface area contributed by atoms with Gasteiger partial charge in [-0.25, -0.2) is 4.79 Å². The van der Waals surface area contributed by atoms with Crippen LogP contribution in [0.5, 0.6) is 0 Å². The quantitative estimate of drug-likeness (QED) is 0.272. The maximum Gasteiger partial charge on any atom is 0.322 e. The Morgan fingerprint density at radius 2 is 1.40 bits per heavy atom. The fourth-order valence-electron chi connectivity index (χ4n) is 7.11. The predicted octanol–water partition coefficient (Wildman–Crippen LogP) is 6.84. The van der Waals surface area contributed by atoms with Crippen LogP contribution >= 0.6 is 0 Å². The molecule has 0 radical (unpaired) electrons. The van der Waals surface area contributed by atoms with Crippen LogP contribution in [0, 0.1) is 11.8 Å². The molecule has 6 heteroatoms. The highest BCUT2D eigenvalue weighted by Crippen LogP contribution is 2.42. The summed E-state index contributed by atoms with van der Waals surface area (Å²) >= 11 is 0. The highest BCUT2D eigenvalue weighted by Gasteiger charge is 2.52. The van der Waals surface area contributed by atoms with Gasteiger partial charge in [-0.05, 0) is 40.7 Å². The molecule has 2 saturated heterocycles. The molecule has 224 valence electrons. The number of amides is 2. The van der Waals surface area contributed by atoms with Crippen molar-refractivity contribution in [3.8, 4) is 0 Å². The largest absolute Gasteiger partial charge is 0.407 e. The number of likely N-dealkylation sites (N-methyl/N-ethyl adjacent to an activating group) is 1. The van der Waals surface area contributed by atoms with Gasteiger partial charge in [-0.15, -0.1) is 0 Å². The molecule has 2 fully saturated rings. The van der Waals surface area contributed by atoms with Crippen LogP contribution in [-0.2, 0) is 9.16 Å². The van der Waals surface area contributed by atoms with Crippen LogP contribution in [0.4, 0.5) is 4.79 Å². The van der Waals surface area contributed by atoms with Crippen molar-refractivity contribution in [3.05, 3.63) is 96.6 Å². The minimum Gasteiger partial charge on any atom is -0.407 e. The molecular formula is C36H48N2O3Si. The number of carbonyl (C=O) groups is 1. The van der Waals surface area contributed by atoms with E-state index in [4.69, 9.17) is 9.16 Å². The average Bonchev–Trinajstić information content (AvgIpc) is 3.22. The van der Waals surface area contributed by atoms with Gasteiger partial charge in [0.1, 0.15) is 6.23 Å². The molecule has 0 saturated carbocycles. The lowest BCUT2D eigenvalue weighted by atomic mass is 9.90. The van der Waals surface area contributed by atoms with Gasteiger partial charge < -0.3 is 14.1 Å². The highest BCUT2D eigenvalue weighted by atomic mass is 28.4. The summed E-state index contributed by atoms with van der Waals surface area (Å²) in [4.78, 5) is 17.5. The van der Waals surface area contributed by atoms with Crippen molar-refractivity contribution >= 4 is 24.7 Å². The average molecular weight is 585 g/mol. The second-order valence-corrected chi connectivity index (χ2v) is 17.8. The SMILES string of the molecule is C[C@H](CO[Si](c1ccccc1)(c1ccccc1)C(C)(C)C)[C@H]1CC[C@H](C)[C@@H](N2C(=O)N(C)[C@H](C)[C@@H]2c2ccccc2)O1. The van der Waals surface area contributed by atoms with Crippen molar-refractivity contribution < 1.29 is 14.0 Å². The molecule has 0 N–H and O–H groups in total. The maximum atomic E-state index is 13.7. The van der Waals surface area contributed by atoms with E-state index in [1.807, 2.05) is 22.9 Å². The molecule has 5 rings (SSSR count). The fourth-order valence-corrected chi connectivity index (χ4v) is 11.8. The van der Waals surface area contributed by atoms with E-state index in [9.17, 15) is 4.79 Å². The maximum absolute atomic E-state index is 13.7. The van der Waals surface area contributed by atoms with Crippen LogP contribution in [0.2, 0.25) is 5.04 Å². The summed E-state index contributed by atoms with van der Waals surface area (Å²) in [6, 6.07) is 32.1. The second-order valence-electron chi connectivity index (χ2n) is 13.5. The standard InChI is InChI=1S/C36H48N2O3Si/c1-26-23-24-32(41-34(26)38-33(28(3)37(7)35(38)39)29-17-11-8-12-18-29)27(2)25-40-42(36(4,5)6,30-19-13-9-14-20-30)31-21-15-10-16-22-31/h8-22,26-28,32-34H,23-25H2,1-7H3/t26-,27+,28+,32+,33+,34-/m0/s1. The normalized spacial score (nSPS) is 26.0. The van der Waals surface area contributed by atoms with E-state index in [0.29, 0.717) is 6.61 Å². The first-order chi connectivity index (χ1) is 20.1. The number of hydrogen-bond donors (Lipinski definition) is 0. The van der Waals surface area contributed by atoms with Crippen molar-refractivity contribution in [1.82, 2.24) is 9.80 Å². The molecule has 0 spiro atoms. The van der Waals surface area contributed by atoms with E-state index in [2.05, 4.69) is 126 Å². The van der Waals surface area contributed by atoms with Crippen LogP contribution in [-0.4, -0.2) is 56.2 Å². The Hall–Kier alpha value is -2.93. The van der Waals surface area contributed by atoms with Crippen molar-refractivity contribution in [3.63, 3.8) is 0 Å². The smallest absolute Gasteiger partial charge is 0.322 e. The van der Waals surface area contributed by atoms with Gasteiger partial charge in [-0.1, -0.05) is 126 Å². The van der Waals surface area contributed by atoms with E-state index in [-0.39, 0.29) is 47.3 Å². The molecule has 2 aliphatic heterocycles. The molecule has 3 aromatic rings. The number of nitrogens with zero attached hydrogens (tertiary/aromatic N) is 2. The third-order valence-electron chi connectivity index (χ3n) is 9.63. The number of ether oxygens (including phenoxy) is 1. The molecule has 3 aromatic carbocycles. The number of rotatable bonds is 8. The molecule has 0 aliphatic carbocycles. The van der Waals surface area contributed by atoms with Crippen LogP contribution in [0.1, 0.15) is 66.0 Å². The van der Waals surface area contributed by atoms with Crippen LogP contribution in [0.25, 0.3) is 0 Å². The zero-order valence-electron chi connectivity index (χ0n) is 26.4. The van der Waals surface area contributed by atoms with Crippen LogP contribution in [0.3, 0.4) is 0 Å². The van der Waals surface area contributed by atoms with Gasteiger partial charge in [0.15, 0.2) is 0 Å². The number of urea groups is 1. The monoisotopic (exact) mass is 584 g/mol. The minimum absolute atomic E-state index is 0.00912. The lowest BCUT2D eigenvalue weighted by Crippen LogP contribution is -2.67. The second kappa shape index (κ2) is 12.4. The topological polar surface area (TPSA) is 42.0 Å². The molecular weight excluding hydrogens is 536 g/mol. The summed E-state index contributed by atoms with van der Waals surface area (Å²) in [5.41, 5.74) is 1.16. The first kappa shape index (κ1) is 30.5. The summed E-state index contributed by atoms with van der Waals surface area (Å²) in [6.45, 7) is 14.2. The third-order valence-corrected chi connectivity index (χ3v) is 14.6. The van der Waals surface area contributed by atoms with E-state index >= 15 is 0 Å². The van der Waals surface area contributed by atoms with Gasteiger partial charge >= 0.3 is 6.03 Å². The zero-order chi connectivity index (χ0) is 30.1. The van der Waals surface area contributed by atoms with Crippen molar-refractivity contribution in [2.24, 2.45) is 11.8 Å². The fraction of sp³-hybridized carbons (Fsp3) is 0.472. The van der Waals surface area contributed by atoms with Crippen molar-refractivity contribution in [2.75, 3.05) is 13.7 Å². The van der Waals surface area contributed by atoms with Gasteiger partial charge in [-0.2, -0.15) is 0 Å². The molecule has 42 heavy (non-hydrogen) atoms. The molecule has 2 aliphatic rings. The van der Waals surface area contributed by atoms with Gasteiger partial charge in [0, 0.05) is 25.5 Å². The van der Waals surface area contributed by atoms with Crippen LogP contribution < -0.4 is 10.4 Å². The van der Waals surface area contributed by atoms with E-state index in [1.54, 1.807) is 0 Å². The van der Waals surface area contributed by atoms with Gasteiger partial charge in [0.2, 0.25) is 0 Å². The predicted molar refractivity (Wildman–Crippen MR) is 173 cm³/mol. The molecule has 0 aromatic heterocycles. The number of hydrogen-bond acceptors (Lipinski definition) is 3. The molecule has 6 atom stereocenters. The van der Waals surface area contributed by atoms with E-state index in [1.165, 1.54) is 10.4 Å². The third kappa shape index (κ3) is 5.57. The van der Waals surface area contributed by atoms with Crippen molar-refractivity contribution in [2.45, 2.75) is 83.8 Å². The summed E-state index contributed by atoms with van der Waals surface area (Å²) in [6.07, 6.45) is 1.72. The Bertz CT molecular complexity index is 1270. The Balaban J connectivity index is 1.41. The van der Waals surface area contributed by atoms with E-state index < -0.39 is 8.32 Å².